The Morgan fingerprint density at radius 3 is 2.48 bits per heavy atom. The summed E-state index contributed by atoms with van der Waals surface area (Å²) < 4.78 is 3.70. The molecule has 6 nitrogen and oxygen atoms in total. The molecule has 0 amide bonds. The molecule has 142 valence electrons. The SMILES string of the molecule is Cc1nn(Cc2ccc(Cl)c(Cl)c2)c(C)c1NC(=S)Nc1cnn(C)c1C. The Morgan fingerprint density at radius 1 is 1.11 bits per heavy atom. The zero-order valence-corrected chi connectivity index (χ0v) is 17.8. The van der Waals surface area contributed by atoms with Gasteiger partial charge in [-0.15, -0.1) is 0 Å². The van der Waals surface area contributed by atoms with Gasteiger partial charge in [-0.2, -0.15) is 10.2 Å². The lowest BCUT2D eigenvalue weighted by molar-refractivity contribution is 0.659. The second kappa shape index (κ2) is 7.88. The van der Waals surface area contributed by atoms with E-state index < -0.39 is 0 Å². The predicted octanol–water partition coefficient (Wildman–Crippen LogP) is 4.71. The van der Waals surface area contributed by atoms with Crippen molar-refractivity contribution in [2.24, 2.45) is 7.05 Å². The van der Waals surface area contributed by atoms with E-state index in [0.29, 0.717) is 21.7 Å². The number of aryl methyl sites for hydroxylation is 2. The molecule has 2 aromatic heterocycles. The van der Waals surface area contributed by atoms with Crippen molar-refractivity contribution in [2.45, 2.75) is 27.3 Å². The molecule has 2 heterocycles. The zero-order chi connectivity index (χ0) is 19.7. The number of anilines is 2. The molecule has 0 aliphatic carbocycles. The molecule has 3 rings (SSSR count). The molecule has 2 N–H and O–H groups in total. The summed E-state index contributed by atoms with van der Waals surface area (Å²) in [6.07, 6.45) is 1.75. The molecule has 0 saturated heterocycles. The zero-order valence-electron chi connectivity index (χ0n) is 15.5. The van der Waals surface area contributed by atoms with Gasteiger partial charge in [-0.1, -0.05) is 29.3 Å². The predicted molar refractivity (Wildman–Crippen MR) is 115 cm³/mol. The van der Waals surface area contributed by atoms with Gasteiger partial charge in [0.1, 0.15) is 0 Å². The maximum atomic E-state index is 6.11. The second-order valence-corrected chi connectivity index (χ2v) is 7.52. The maximum absolute atomic E-state index is 6.11. The number of aromatic nitrogens is 4. The van der Waals surface area contributed by atoms with E-state index in [1.54, 1.807) is 16.9 Å². The van der Waals surface area contributed by atoms with Crippen LogP contribution in [0.5, 0.6) is 0 Å². The summed E-state index contributed by atoms with van der Waals surface area (Å²) in [5, 5.41) is 16.8. The molecule has 0 aliphatic rings. The monoisotopic (exact) mass is 422 g/mol. The summed E-state index contributed by atoms with van der Waals surface area (Å²) in [4.78, 5) is 0. The highest BCUT2D eigenvalue weighted by Crippen LogP contribution is 2.25. The highest BCUT2D eigenvalue weighted by atomic mass is 35.5. The van der Waals surface area contributed by atoms with Crippen LogP contribution in [0, 0.1) is 20.8 Å². The smallest absolute Gasteiger partial charge is 0.175 e. The number of nitrogens with zero attached hydrogens (tertiary/aromatic N) is 4. The number of halogens is 2. The molecule has 1 aromatic carbocycles. The highest BCUT2D eigenvalue weighted by Gasteiger charge is 2.14. The third kappa shape index (κ3) is 4.26. The van der Waals surface area contributed by atoms with Crippen LogP contribution in [-0.4, -0.2) is 24.7 Å². The van der Waals surface area contributed by atoms with Crippen LogP contribution in [0.4, 0.5) is 11.4 Å². The summed E-state index contributed by atoms with van der Waals surface area (Å²) in [5.41, 5.74) is 5.61. The summed E-state index contributed by atoms with van der Waals surface area (Å²) in [6.45, 7) is 6.51. The Labute approximate surface area is 173 Å². The molecule has 0 fully saturated rings. The van der Waals surface area contributed by atoms with Crippen molar-refractivity contribution in [1.29, 1.82) is 0 Å². The van der Waals surface area contributed by atoms with Crippen LogP contribution in [0.15, 0.2) is 24.4 Å². The van der Waals surface area contributed by atoms with Gasteiger partial charge in [-0.05, 0) is 50.7 Å². The first-order chi connectivity index (χ1) is 12.8. The number of rotatable bonds is 4. The van der Waals surface area contributed by atoms with E-state index in [-0.39, 0.29) is 0 Å². The van der Waals surface area contributed by atoms with Gasteiger partial charge in [0.2, 0.25) is 0 Å². The molecule has 0 spiro atoms. The van der Waals surface area contributed by atoms with Crippen LogP contribution in [0.3, 0.4) is 0 Å². The van der Waals surface area contributed by atoms with Gasteiger partial charge in [0.05, 0.1) is 51.2 Å². The molecule has 3 aromatic rings. The maximum Gasteiger partial charge on any atom is 0.175 e. The van der Waals surface area contributed by atoms with Gasteiger partial charge in [0, 0.05) is 7.05 Å². The molecule has 0 atom stereocenters. The molecule has 0 aliphatic heterocycles. The largest absolute Gasteiger partial charge is 0.330 e. The Morgan fingerprint density at radius 2 is 1.85 bits per heavy atom. The van der Waals surface area contributed by atoms with E-state index in [2.05, 4.69) is 20.8 Å². The quantitative estimate of drug-likeness (QED) is 0.596. The van der Waals surface area contributed by atoms with Gasteiger partial charge in [0.25, 0.3) is 0 Å². The van der Waals surface area contributed by atoms with E-state index in [0.717, 1.165) is 34.0 Å². The lowest BCUT2D eigenvalue weighted by atomic mass is 10.2. The van der Waals surface area contributed by atoms with Gasteiger partial charge in [-0.25, -0.2) is 0 Å². The number of thiocarbonyl (C=S) groups is 1. The first-order valence-corrected chi connectivity index (χ1v) is 9.47. The van der Waals surface area contributed by atoms with Crippen molar-refractivity contribution in [1.82, 2.24) is 19.6 Å². The normalized spacial score (nSPS) is 10.9. The Kier molecular flexibility index (Phi) is 5.74. The summed E-state index contributed by atoms with van der Waals surface area (Å²) in [5.74, 6) is 0. The fourth-order valence-electron chi connectivity index (χ4n) is 2.73. The first-order valence-electron chi connectivity index (χ1n) is 8.30. The minimum atomic E-state index is 0.492. The Hall–Kier alpha value is -2.09. The lowest BCUT2D eigenvalue weighted by Gasteiger charge is -2.11. The second-order valence-electron chi connectivity index (χ2n) is 6.30. The van der Waals surface area contributed by atoms with Crippen molar-refractivity contribution in [3.8, 4) is 0 Å². The number of benzene rings is 1. The van der Waals surface area contributed by atoms with E-state index in [4.69, 9.17) is 35.4 Å². The van der Waals surface area contributed by atoms with Crippen LogP contribution in [0.1, 0.15) is 22.6 Å². The van der Waals surface area contributed by atoms with E-state index >= 15 is 0 Å². The van der Waals surface area contributed by atoms with Gasteiger partial charge < -0.3 is 10.6 Å². The summed E-state index contributed by atoms with van der Waals surface area (Å²) >= 11 is 17.5. The minimum Gasteiger partial charge on any atom is -0.330 e. The van der Waals surface area contributed by atoms with Crippen molar-refractivity contribution >= 4 is 51.9 Å². The topological polar surface area (TPSA) is 59.7 Å². The average molecular weight is 423 g/mol. The molecule has 0 bridgehead atoms. The number of hydrogen-bond donors (Lipinski definition) is 2. The minimum absolute atomic E-state index is 0.492. The Bertz CT molecular complexity index is 1010. The molecular formula is C18H20Cl2N6S. The van der Waals surface area contributed by atoms with Crippen molar-refractivity contribution in [3.05, 3.63) is 57.1 Å². The van der Waals surface area contributed by atoms with Gasteiger partial charge in [0.15, 0.2) is 5.11 Å². The lowest BCUT2D eigenvalue weighted by Crippen LogP contribution is -2.20. The van der Waals surface area contributed by atoms with Gasteiger partial charge >= 0.3 is 0 Å². The van der Waals surface area contributed by atoms with Crippen LogP contribution in [0.25, 0.3) is 0 Å². The van der Waals surface area contributed by atoms with E-state index in [1.807, 2.05) is 44.6 Å². The molecule has 0 radical (unpaired) electrons. The molecular weight excluding hydrogens is 403 g/mol. The third-order valence-electron chi connectivity index (χ3n) is 4.42. The molecule has 27 heavy (non-hydrogen) atoms. The van der Waals surface area contributed by atoms with Crippen molar-refractivity contribution in [2.75, 3.05) is 10.6 Å². The van der Waals surface area contributed by atoms with Crippen molar-refractivity contribution < 1.29 is 0 Å². The standard InChI is InChI=1S/C18H20Cl2N6S/c1-10-17(23-18(27)22-16-8-21-25(4)11(16)2)12(3)26(24-10)9-13-5-6-14(19)15(20)7-13/h5-8H,9H2,1-4H3,(H2,22,23,27). The fourth-order valence-corrected chi connectivity index (χ4v) is 3.26. The number of hydrogen-bond acceptors (Lipinski definition) is 3. The summed E-state index contributed by atoms with van der Waals surface area (Å²) in [7, 11) is 1.89. The molecule has 0 saturated carbocycles. The first kappa shape index (κ1) is 19.7. The highest BCUT2D eigenvalue weighted by molar-refractivity contribution is 7.80. The van der Waals surface area contributed by atoms with Crippen LogP contribution >= 0.6 is 35.4 Å². The average Bonchev–Trinajstić information content (AvgIpc) is 3.06. The van der Waals surface area contributed by atoms with Crippen LogP contribution in [0.2, 0.25) is 10.0 Å². The van der Waals surface area contributed by atoms with Gasteiger partial charge in [-0.3, -0.25) is 9.36 Å². The van der Waals surface area contributed by atoms with E-state index in [1.165, 1.54) is 0 Å². The fraction of sp³-hybridized carbons (Fsp3) is 0.278. The van der Waals surface area contributed by atoms with Crippen LogP contribution < -0.4 is 10.6 Å². The van der Waals surface area contributed by atoms with Crippen LogP contribution in [-0.2, 0) is 13.6 Å². The Balaban J connectivity index is 1.76. The molecule has 0 unspecified atom stereocenters. The summed E-state index contributed by atoms with van der Waals surface area (Å²) in [6, 6.07) is 5.58. The number of nitrogens with one attached hydrogen (secondary N) is 2. The van der Waals surface area contributed by atoms with E-state index in [9.17, 15) is 0 Å². The molecule has 9 heteroatoms. The third-order valence-corrected chi connectivity index (χ3v) is 5.36. The van der Waals surface area contributed by atoms with Crippen molar-refractivity contribution in [3.63, 3.8) is 0 Å².